The number of carbonyl (C=O) groups is 2. The van der Waals surface area contributed by atoms with E-state index in [4.69, 9.17) is 26.8 Å². The van der Waals surface area contributed by atoms with Gasteiger partial charge in [-0.1, -0.05) is 50.4 Å². The first-order chi connectivity index (χ1) is 14.8. The van der Waals surface area contributed by atoms with Crippen molar-refractivity contribution >= 4 is 48.6 Å². The van der Waals surface area contributed by atoms with Crippen molar-refractivity contribution in [3.05, 3.63) is 34.9 Å². The highest BCUT2D eigenvalue weighted by molar-refractivity contribution is 6.30. The first-order valence-electron chi connectivity index (χ1n) is 10.9. The molecule has 0 spiro atoms. The van der Waals surface area contributed by atoms with E-state index in [-0.39, 0.29) is 31.4 Å². The maximum Gasteiger partial charge on any atom is 0.408 e. The van der Waals surface area contributed by atoms with Gasteiger partial charge in [-0.25, -0.2) is 14.5 Å². The standard InChI is InChI=1S/C22H37ClN4O4.2ClH/c1-5-7-12-25-21(28)30-16(3)27(17(4)31-22(29)26-13-8-6-2)15-20(24)18-10-9-11-19(23)14-18;;/h9-11,14,16-17,20H,5-8,12-13,15,24H2,1-4H3,(H,25,28)(H,26,29);2*1H. The van der Waals surface area contributed by atoms with Crippen LogP contribution in [-0.2, 0) is 9.47 Å². The molecule has 3 unspecified atom stereocenters. The summed E-state index contributed by atoms with van der Waals surface area (Å²) in [4.78, 5) is 26.0. The molecular formula is C22H39Cl3N4O4. The fourth-order valence-corrected chi connectivity index (χ4v) is 3.12. The van der Waals surface area contributed by atoms with Gasteiger partial charge in [-0.05, 0) is 44.4 Å². The lowest BCUT2D eigenvalue weighted by Crippen LogP contribution is -2.49. The zero-order valence-corrected chi connectivity index (χ0v) is 22.2. The molecule has 0 radical (unpaired) electrons. The third-order valence-corrected chi connectivity index (χ3v) is 5.01. The lowest BCUT2D eigenvalue weighted by atomic mass is 10.1. The van der Waals surface area contributed by atoms with Crippen LogP contribution in [0.15, 0.2) is 24.3 Å². The number of hydrogen-bond donors (Lipinski definition) is 3. The van der Waals surface area contributed by atoms with Crippen molar-refractivity contribution in [3.8, 4) is 0 Å². The minimum Gasteiger partial charge on any atom is -0.430 e. The van der Waals surface area contributed by atoms with Crippen LogP contribution in [0.1, 0.15) is 65.0 Å². The van der Waals surface area contributed by atoms with Gasteiger partial charge in [0.1, 0.15) is 0 Å². The number of nitrogens with two attached hydrogens (primary N) is 1. The molecule has 0 aromatic heterocycles. The van der Waals surface area contributed by atoms with Gasteiger partial charge in [0.15, 0.2) is 12.5 Å². The number of alkyl carbamates (subject to hydrolysis) is 2. The fraction of sp³-hybridized carbons (Fsp3) is 0.636. The van der Waals surface area contributed by atoms with Gasteiger partial charge < -0.3 is 25.8 Å². The quantitative estimate of drug-likeness (QED) is 0.239. The molecule has 0 aliphatic carbocycles. The second-order valence-electron chi connectivity index (χ2n) is 7.43. The van der Waals surface area contributed by atoms with Crippen molar-refractivity contribution in [3.63, 3.8) is 0 Å². The zero-order valence-electron chi connectivity index (χ0n) is 19.8. The number of rotatable bonds is 13. The predicted molar refractivity (Wildman–Crippen MR) is 137 cm³/mol. The first kappa shape index (κ1) is 33.7. The van der Waals surface area contributed by atoms with Gasteiger partial charge in [0.2, 0.25) is 0 Å². The maximum absolute atomic E-state index is 12.1. The summed E-state index contributed by atoms with van der Waals surface area (Å²) in [6.45, 7) is 8.88. The van der Waals surface area contributed by atoms with E-state index in [0.29, 0.717) is 18.1 Å². The number of carbonyl (C=O) groups excluding carboxylic acids is 2. The number of benzene rings is 1. The number of nitrogens with zero attached hydrogens (tertiary/aromatic N) is 1. The molecule has 0 saturated heterocycles. The van der Waals surface area contributed by atoms with Gasteiger partial charge >= 0.3 is 12.2 Å². The van der Waals surface area contributed by atoms with Crippen LogP contribution in [-0.4, -0.2) is 49.2 Å². The van der Waals surface area contributed by atoms with E-state index in [0.717, 1.165) is 31.2 Å². The van der Waals surface area contributed by atoms with Crippen LogP contribution < -0.4 is 16.4 Å². The van der Waals surface area contributed by atoms with Gasteiger partial charge in [-0.2, -0.15) is 0 Å². The monoisotopic (exact) mass is 528 g/mol. The highest BCUT2D eigenvalue weighted by Crippen LogP contribution is 2.20. The average Bonchev–Trinajstić information content (AvgIpc) is 2.71. The van der Waals surface area contributed by atoms with Crippen LogP contribution >= 0.6 is 36.4 Å². The van der Waals surface area contributed by atoms with Crippen molar-refractivity contribution in [1.29, 1.82) is 0 Å². The minimum atomic E-state index is -0.676. The highest BCUT2D eigenvalue weighted by Gasteiger charge is 2.28. The number of nitrogens with one attached hydrogen (secondary N) is 2. The first-order valence-corrected chi connectivity index (χ1v) is 11.3. The topological polar surface area (TPSA) is 106 Å². The summed E-state index contributed by atoms with van der Waals surface area (Å²) in [5.41, 5.74) is 7.22. The number of ether oxygens (including phenoxy) is 2. The SMILES string of the molecule is CCCCNC(=O)OC(C)N(CC(N)c1cccc(Cl)c1)C(C)OC(=O)NCCCC.Cl.Cl. The van der Waals surface area contributed by atoms with Crippen LogP contribution in [0.25, 0.3) is 0 Å². The molecular weight excluding hydrogens is 491 g/mol. The van der Waals surface area contributed by atoms with Crippen molar-refractivity contribution in [2.24, 2.45) is 5.73 Å². The molecule has 0 aliphatic rings. The van der Waals surface area contributed by atoms with Crippen LogP contribution in [0.4, 0.5) is 9.59 Å². The molecule has 0 saturated carbocycles. The third-order valence-electron chi connectivity index (χ3n) is 4.77. The number of hydrogen-bond acceptors (Lipinski definition) is 6. The second kappa shape index (κ2) is 18.9. The molecule has 0 fully saturated rings. The molecule has 3 atom stereocenters. The molecule has 0 heterocycles. The Morgan fingerprint density at radius 3 is 1.91 bits per heavy atom. The molecule has 192 valence electrons. The summed E-state index contributed by atoms with van der Waals surface area (Å²) in [7, 11) is 0. The van der Waals surface area contributed by atoms with Gasteiger partial charge in [-0.3, -0.25) is 0 Å². The Balaban J connectivity index is 0. The summed E-state index contributed by atoms with van der Waals surface area (Å²) in [6, 6.07) is 6.83. The Morgan fingerprint density at radius 1 is 1.00 bits per heavy atom. The minimum absolute atomic E-state index is 0. The Labute approximate surface area is 215 Å². The van der Waals surface area contributed by atoms with E-state index in [1.54, 1.807) is 30.9 Å². The molecule has 8 nitrogen and oxygen atoms in total. The molecule has 0 aliphatic heterocycles. The van der Waals surface area contributed by atoms with E-state index < -0.39 is 30.7 Å². The molecule has 33 heavy (non-hydrogen) atoms. The predicted octanol–water partition coefficient (Wildman–Crippen LogP) is 5.23. The van der Waals surface area contributed by atoms with Crippen LogP contribution in [0.3, 0.4) is 0 Å². The Morgan fingerprint density at radius 2 is 1.48 bits per heavy atom. The molecule has 11 heteroatoms. The summed E-state index contributed by atoms with van der Waals surface area (Å²) in [5, 5.41) is 6.02. The van der Waals surface area contributed by atoms with Gasteiger partial charge in [0, 0.05) is 30.7 Å². The van der Waals surface area contributed by atoms with Crippen LogP contribution in [0, 0.1) is 0 Å². The summed E-state index contributed by atoms with van der Waals surface area (Å²) in [6.07, 6.45) is 1.26. The number of unbranched alkanes of at least 4 members (excludes halogenated alkanes) is 2. The van der Waals surface area contributed by atoms with E-state index >= 15 is 0 Å². The molecule has 1 rings (SSSR count). The van der Waals surface area contributed by atoms with Crippen molar-refractivity contribution in [1.82, 2.24) is 15.5 Å². The molecule has 1 aromatic rings. The maximum atomic E-state index is 12.1. The summed E-state index contributed by atoms with van der Waals surface area (Å²) < 4.78 is 11.0. The van der Waals surface area contributed by atoms with Gasteiger partial charge in [0.25, 0.3) is 0 Å². The van der Waals surface area contributed by atoms with E-state index in [1.807, 2.05) is 26.0 Å². The van der Waals surface area contributed by atoms with Crippen LogP contribution in [0.5, 0.6) is 0 Å². The second-order valence-corrected chi connectivity index (χ2v) is 7.86. The molecule has 1 aromatic carbocycles. The summed E-state index contributed by atoms with van der Waals surface area (Å²) >= 11 is 6.08. The Hall–Kier alpha value is -1.45. The van der Waals surface area contributed by atoms with Gasteiger partial charge in [0.05, 0.1) is 0 Å². The third kappa shape index (κ3) is 13.8. The summed E-state index contributed by atoms with van der Waals surface area (Å²) in [5.74, 6) is 0. The lowest BCUT2D eigenvalue weighted by Gasteiger charge is -2.35. The van der Waals surface area contributed by atoms with Gasteiger partial charge in [-0.15, -0.1) is 24.8 Å². The van der Waals surface area contributed by atoms with E-state index in [1.165, 1.54) is 0 Å². The average molecular weight is 530 g/mol. The molecule has 0 bridgehead atoms. The smallest absolute Gasteiger partial charge is 0.408 e. The van der Waals surface area contributed by atoms with Crippen molar-refractivity contribution < 1.29 is 19.1 Å². The fourth-order valence-electron chi connectivity index (χ4n) is 2.93. The molecule has 4 N–H and O–H groups in total. The number of halogens is 3. The van der Waals surface area contributed by atoms with Crippen molar-refractivity contribution in [2.75, 3.05) is 19.6 Å². The van der Waals surface area contributed by atoms with Crippen LogP contribution in [0.2, 0.25) is 5.02 Å². The molecule has 2 amide bonds. The number of amides is 2. The largest absolute Gasteiger partial charge is 0.430 e. The zero-order chi connectivity index (χ0) is 23.2. The van der Waals surface area contributed by atoms with E-state index in [9.17, 15) is 9.59 Å². The normalized spacial score (nSPS) is 13.1. The Kier molecular flexibility index (Phi) is 19.3. The highest BCUT2D eigenvalue weighted by atomic mass is 35.5. The Bertz CT molecular complexity index is 655. The van der Waals surface area contributed by atoms with E-state index in [2.05, 4.69) is 10.6 Å². The van der Waals surface area contributed by atoms with Crippen molar-refractivity contribution in [2.45, 2.75) is 71.9 Å². The lowest BCUT2D eigenvalue weighted by molar-refractivity contribution is -0.0940.